The monoisotopic (exact) mass is 290 g/mol. The number of benzene rings is 1. The molecule has 1 aromatic carbocycles. The fourth-order valence-electron chi connectivity index (χ4n) is 2.72. The van der Waals surface area contributed by atoms with Crippen LogP contribution in [0.1, 0.15) is 18.4 Å². The van der Waals surface area contributed by atoms with Crippen LogP contribution in [0.5, 0.6) is 11.5 Å². The van der Waals surface area contributed by atoms with Crippen molar-refractivity contribution in [3.63, 3.8) is 0 Å². The van der Waals surface area contributed by atoms with Crippen LogP contribution in [0.2, 0.25) is 0 Å². The molecule has 3 rings (SSSR count). The number of nitrogens with one attached hydrogen (secondary N) is 1. The van der Waals surface area contributed by atoms with Gasteiger partial charge in [-0.3, -0.25) is 4.79 Å². The molecule has 0 saturated heterocycles. The van der Waals surface area contributed by atoms with Gasteiger partial charge in [0.15, 0.2) is 0 Å². The van der Waals surface area contributed by atoms with Crippen molar-refractivity contribution in [1.29, 1.82) is 0 Å². The number of hydrogen-bond donors (Lipinski definition) is 2. The molecular weight excluding hydrogens is 268 g/mol. The lowest BCUT2D eigenvalue weighted by atomic mass is 9.95. The number of rotatable bonds is 5. The minimum Gasteiger partial charge on any atom is -0.497 e. The molecule has 114 valence electrons. The normalized spacial score (nSPS) is 21.9. The molecule has 2 atom stereocenters. The highest BCUT2D eigenvalue weighted by Crippen LogP contribution is 2.32. The third-order valence-corrected chi connectivity index (χ3v) is 4.28. The highest BCUT2D eigenvalue weighted by atomic mass is 16.5. The fraction of sp³-hybridized carbons (Fsp3) is 0.562. The molecule has 2 aliphatic rings. The molecule has 0 radical (unpaired) electrons. The van der Waals surface area contributed by atoms with Crippen molar-refractivity contribution in [2.75, 3.05) is 20.3 Å². The highest BCUT2D eigenvalue weighted by Gasteiger charge is 2.30. The van der Waals surface area contributed by atoms with E-state index in [1.54, 1.807) is 7.11 Å². The number of carbonyl (C=O) groups is 1. The summed E-state index contributed by atoms with van der Waals surface area (Å²) >= 11 is 0. The number of carbonyl (C=O) groups excluding carboxylic acids is 1. The van der Waals surface area contributed by atoms with Crippen molar-refractivity contribution in [3.8, 4) is 11.5 Å². The van der Waals surface area contributed by atoms with E-state index in [-0.39, 0.29) is 17.9 Å². The average molecular weight is 290 g/mol. The van der Waals surface area contributed by atoms with Crippen molar-refractivity contribution in [1.82, 2.24) is 5.32 Å². The quantitative estimate of drug-likeness (QED) is 0.851. The van der Waals surface area contributed by atoms with E-state index < -0.39 is 0 Å². The predicted octanol–water partition coefficient (Wildman–Crippen LogP) is 1.10. The van der Waals surface area contributed by atoms with Gasteiger partial charge in [0.05, 0.1) is 13.0 Å². The first-order chi connectivity index (χ1) is 10.2. The second kappa shape index (κ2) is 5.93. The van der Waals surface area contributed by atoms with Crippen LogP contribution >= 0.6 is 0 Å². The number of amides is 1. The van der Waals surface area contributed by atoms with E-state index in [1.165, 1.54) is 12.8 Å². The Morgan fingerprint density at radius 3 is 3.05 bits per heavy atom. The van der Waals surface area contributed by atoms with Gasteiger partial charge in [-0.15, -0.1) is 0 Å². The summed E-state index contributed by atoms with van der Waals surface area (Å²) in [6.07, 6.45) is 3.06. The maximum Gasteiger partial charge on any atom is 0.226 e. The fourth-order valence-corrected chi connectivity index (χ4v) is 2.72. The molecular formula is C16H22N2O3. The van der Waals surface area contributed by atoms with Crippen LogP contribution in [0.3, 0.4) is 0 Å². The van der Waals surface area contributed by atoms with Gasteiger partial charge in [-0.25, -0.2) is 0 Å². The van der Waals surface area contributed by atoms with Crippen molar-refractivity contribution < 1.29 is 14.3 Å². The minimum atomic E-state index is -0.156. The number of ether oxygens (including phenoxy) is 2. The second-order valence-electron chi connectivity index (χ2n) is 5.93. The van der Waals surface area contributed by atoms with Crippen LogP contribution in [0.4, 0.5) is 0 Å². The van der Waals surface area contributed by atoms with Crippen molar-refractivity contribution in [2.45, 2.75) is 25.3 Å². The lowest BCUT2D eigenvalue weighted by Crippen LogP contribution is -2.43. The molecule has 0 bridgehead atoms. The molecule has 5 nitrogen and oxygen atoms in total. The van der Waals surface area contributed by atoms with E-state index in [9.17, 15) is 4.79 Å². The van der Waals surface area contributed by atoms with Gasteiger partial charge in [-0.05, 0) is 48.9 Å². The molecule has 5 heteroatoms. The minimum absolute atomic E-state index is 0.0274. The van der Waals surface area contributed by atoms with Gasteiger partial charge >= 0.3 is 0 Å². The van der Waals surface area contributed by atoms with E-state index in [0.717, 1.165) is 17.1 Å². The lowest BCUT2D eigenvalue weighted by molar-refractivity contribution is -0.126. The van der Waals surface area contributed by atoms with E-state index in [1.807, 2.05) is 18.2 Å². The van der Waals surface area contributed by atoms with Crippen LogP contribution in [-0.2, 0) is 11.2 Å². The van der Waals surface area contributed by atoms with Crippen LogP contribution in [0.25, 0.3) is 0 Å². The first kappa shape index (κ1) is 14.2. The zero-order valence-electron chi connectivity index (χ0n) is 12.3. The van der Waals surface area contributed by atoms with Crippen LogP contribution in [0, 0.1) is 11.8 Å². The Hall–Kier alpha value is -1.75. The van der Waals surface area contributed by atoms with Gasteiger partial charge in [-0.2, -0.15) is 0 Å². The molecule has 1 heterocycles. The van der Waals surface area contributed by atoms with Crippen molar-refractivity contribution in [2.24, 2.45) is 17.6 Å². The smallest absolute Gasteiger partial charge is 0.226 e. The van der Waals surface area contributed by atoms with Crippen molar-refractivity contribution >= 4 is 5.91 Å². The summed E-state index contributed by atoms with van der Waals surface area (Å²) in [5.74, 6) is 2.09. The van der Waals surface area contributed by atoms with E-state index >= 15 is 0 Å². The Morgan fingerprint density at radius 1 is 1.52 bits per heavy atom. The second-order valence-corrected chi connectivity index (χ2v) is 5.93. The summed E-state index contributed by atoms with van der Waals surface area (Å²) in [7, 11) is 1.63. The molecule has 3 N–H and O–H groups in total. The Kier molecular flexibility index (Phi) is 4.01. The Bertz CT molecular complexity index is 528. The summed E-state index contributed by atoms with van der Waals surface area (Å²) in [5.41, 5.74) is 7.03. The Morgan fingerprint density at radius 2 is 2.33 bits per heavy atom. The van der Waals surface area contributed by atoms with Gasteiger partial charge in [-0.1, -0.05) is 0 Å². The van der Waals surface area contributed by atoms with Crippen LogP contribution in [0.15, 0.2) is 18.2 Å². The van der Waals surface area contributed by atoms with Gasteiger partial charge in [0.25, 0.3) is 0 Å². The first-order valence-electron chi connectivity index (χ1n) is 7.50. The van der Waals surface area contributed by atoms with Crippen LogP contribution in [-0.4, -0.2) is 32.2 Å². The summed E-state index contributed by atoms with van der Waals surface area (Å²) in [4.78, 5) is 12.2. The SMILES string of the molecule is COc1ccc2c(c1)CC(C(=O)NCC(N)C1CC1)CO2. The molecule has 1 fully saturated rings. The summed E-state index contributed by atoms with van der Waals surface area (Å²) < 4.78 is 10.9. The van der Waals surface area contributed by atoms with E-state index in [0.29, 0.717) is 25.5 Å². The Labute approximate surface area is 124 Å². The van der Waals surface area contributed by atoms with Gasteiger partial charge in [0.2, 0.25) is 5.91 Å². The molecule has 1 saturated carbocycles. The van der Waals surface area contributed by atoms with E-state index in [4.69, 9.17) is 15.2 Å². The molecule has 0 aromatic heterocycles. The summed E-state index contributed by atoms with van der Waals surface area (Å²) in [5, 5.41) is 2.96. The van der Waals surface area contributed by atoms with Crippen molar-refractivity contribution in [3.05, 3.63) is 23.8 Å². The number of fused-ring (bicyclic) bond motifs is 1. The Balaban J connectivity index is 1.57. The number of nitrogens with two attached hydrogens (primary N) is 1. The molecule has 0 spiro atoms. The first-order valence-corrected chi connectivity index (χ1v) is 7.50. The highest BCUT2D eigenvalue weighted by molar-refractivity contribution is 5.79. The van der Waals surface area contributed by atoms with Gasteiger partial charge in [0, 0.05) is 12.6 Å². The zero-order valence-corrected chi connectivity index (χ0v) is 12.3. The third-order valence-electron chi connectivity index (χ3n) is 4.28. The topological polar surface area (TPSA) is 73.6 Å². The summed E-state index contributed by atoms with van der Waals surface area (Å²) in [6, 6.07) is 5.79. The molecule has 21 heavy (non-hydrogen) atoms. The molecule has 1 amide bonds. The maximum atomic E-state index is 12.2. The zero-order chi connectivity index (χ0) is 14.8. The van der Waals surface area contributed by atoms with Gasteiger partial charge in [0.1, 0.15) is 18.1 Å². The van der Waals surface area contributed by atoms with Gasteiger partial charge < -0.3 is 20.5 Å². The number of hydrogen-bond acceptors (Lipinski definition) is 4. The predicted molar refractivity (Wildman–Crippen MR) is 79.4 cm³/mol. The molecule has 1 aromatic rings. The summed E-state index contributed by atoms with van der Waals surface area (Å²) in [6.45, 7) is 0.981. The average Bonchev–Trinajstić information content (AvgIpc) is 3.36. The number of methoxy groups -OCH3 is 1. The van der Waals surface area contributed by atoms with E-state index in [2.05, 4.69) is 5.32 Å². The molecule has 1 aliphatic carbocycles. The standard InChI is InChI=1S/C16H22N2O3/c1-20-13-4-5-15-11(7-13)6-12(9-21-15)16(19)18-8-14(17)10-2-3-10/h4-5,7,10,12,14H,2-3,6,8-9,17H2,1H3,(H,18,19). The third kappa shape index (κ3) is 3.29. The van der Waals surface area contributed by atoms with Crippen LogP contribution < -0.4 is 20.5 Å². The molecule has 1 aliphatic heterocycles. The maximum absolute atomic E-state index is 12.2. The lowest BCUT2D eigenvalue weighted by Gasteiger charge is -2.25. The molecule has 2 unspecified atom stereocenters. The largest absolute Gasteiger partial charge is 0.497 e.